The minimum Gasteiger partial charge on any atom is -0.465 e. The van der Waals surface area contributed by atoms with Crippen molar-refractivity contribution in [1.82, 2.24) is 9.88 Å². The molecular formula is C16H13BrN2O5S. The van der Waals surface area contributed by atoms with Gasteiger partial charge in [0.05, 0.1) is 21.8 Å². The number of hydrogen-bond acceptors (Lipinski definition) is 5. The molecule has 1 aliphatic heterocycles. The molecule has 1 aromatic carbocycles. The third kappa shape index (κ3) is 3.29. The molecule has 0 saturated carbocycles. The van der Waals surface area contributed by atoms with Crippen LogP contribution in [0.25, 0.3) is 11.3 Å². The first kappa shape index (κ1) is 17.6. The highest BCUT2D eigenvalue weighted by molar-refractivity contribution is 9.10. The quantitative estimate of drug-likeness (QED) is 0.793. The molecular weight excluding hydrogens is 412 g/mol. The number of imide groups is 1. The van der Waals surface area contributed by atoms with Crippen LogP contribution in [-0.2, 0) is 16.3 Å². The molecule has 1 aliphatic rings. The molecule has 0 spiro atoms. The molecule has 130 valence electrons. The van der Waals surface area contributed by atoms with Crippen LogP contribution in [0.4, 0.5) is 4.79 Å². The molecule has 0 unspecified atom stereocenters. The second-order valence-corrected chi connectivity index (χ2v) is 8.50. The third-order valence-electron chi connectivity index (χ3n) is 3.84. The summed E-state index contributed by atoms with van der Waals surface area (Å²) in [5.74, 6) is -0.859. The van der Waals surface area contributed by atoms with Gasteiger partial charge in [0, 0.05) is 29.3 Å². The van der Waals surface area contributed by atoms with E-state index in [1.165, 1.54) is 6.07 Å². The lowest BCUT2D eigenvalue weighted by molar-refractivity contribution is 0.0721. The Morgan fingerprint density at radius 2 is 2.04 bits per heavy atom. The van der Waals surface area contributed by atoms with Gasteiger partial charge in [-0.2, -0.15) is 0 Å². The number of carboxylic acid groups (broad SMARTS) is 1. The van der Waals surface area contributed by atoms with Gasteiger partial charge >= 0.3 is 6.09 Å². The topological polar surface area (TPSA) is 105 Å². The number of carbonyl (C=O) groups excluding carboxylic acids is 1. The van der Waals surface area contributed by atoms with E-state index in [1.807, 2.05) is 6.07 Å². The monoisotopic (exact) mass is 424 g/mol. The lowest BCUT2D eigenvalue weighted by atomic mass is 10.0. The first-order valence-electron chi connectivity index (χ1n) is 7.23. The Bertz CT molecular complexity index is 1000. The average Bonchev–Trinajstić information content (AvgIpc) is 2.53. The average molecular weight is 425 g/mol. The van der Waals surface area contributed by atoms with Crippen LogP contribution in [0.2, 0.25) is 0 Å². The summed E-state index contributed by atoms with van der Waals surface area (Å²) in [5, 5.41) is 9.12. The Hall–Kier alpha value is -2.26. The summed E-state index contributed by atoms with van der Waals surface area (Å²) in [6, 6.07) is 8.50. The predicted octanol–water partition coefficient (Wildman–Crippen LogP) is 2.59. The Labute approximate surface area is 152 Å². The Morgan fingerprint density at radius 3 is 2.64 bits per heavy atom. The normalized spacial score (nSPS) is 14.3. The maximum Gasteiger partial charge on any atom is 0.414 e. The fraction of sp³-hybridized carbons (Fsp3) is 0.188. The lowest BCUT2D eigenvalue weighted by Gasteiger charge is -2.25. The van der Waals surface area contributed by atoms with Crippen molar-refractivity contribution >= 4 is 37.8 Å². The molecule has 0 aliphatic carbocycles. The summed E-state index contributed by atoms with van der Waals surface area (Å²) in [5.41, 5.74) is 1.24. The van der Waals surface area contributed by atoms with Crippen molar-refractivity contribution in [3.05, 3.63) is 46.1 Å². The van der Waals surface area contributed by atoms with Gasteiger partial charge in [-0.25, -0.2) is 18.1 Å². The van der Waals surface area contributed by atoms with E-state index in [0.717, 1.165) is 10.7 Å². The molecule has 1 aromatic heterocycles. The highest BCUT2D eigenvalue weighted by atomic mass is 79.9. The zero-order valence-electron chi connectivity index (χ0n) is 13.1. The van der Waals surface area contributed by atoms with Gasteiger partial charge in [-0.3, -0.25) is 9.78 Å². The predicted molar refractivity (Wildman–Crippen MR) is 93.2 cm³/mol. The number of rotatable bonds is 2. The van der Waals surface area contributed by atoms with Crippen molar-refractivity contribution in [2.24, 2.45) is 0 Å². The Kier molecular flexibility index (Phi) is 4.38. The Balaban J connectivity index is 2.26. The molecule has 0 fully saturated rings. The smallest absolute Gasteiger partial charge is 0.414 e. The minimum absolute atomic E-state index is 0.0562. The van der Waals surface area contributed by atoms with Gasteiger partial charge in [-0.1, -0.05) is 28.1 Å². The summed E-state index contributed by atoms with van der Waals surface area (Å²) in [4.78, 5) is 28.5. The minimum atomic E-state index is -3.76. The van der Waals surface area contributed by atoms with Crippen molar-refractivity contribution in [2.75, 3.05) is 12.8 Å². The summed E-state index contributed by atoms with van der Waals surface area (Å²) in [6.07, 6.45) is -0.260. The van der Waals surface area contributed by atoms with Crippen molar-refractivity contribution < 1.29 is 23.1 Å². The van der Waals surface area contributed by atoms with E-state index in [4.69, 9.17) is 5.11 Å². The summed E-state index contributed by atoms with van der Waals surface area (Å²) < 4.78 is 25.2. The molecule has 2 heterocycles. The van der Waals surface area contributed by atoms with Crippen LogP contribution < -0.4 is 0 Å². The van der Waals surface area contributed by atoms with Crippen LogP contribution in [0.1, 0.15) is 16.1 Å². The van der Waals surface area contributed by atoms with Crippen molar-refractivity contribution in [1.29, 1.82) is 0 Å². The van der Waals surface area contributed by atoms with Gasteiger partial charge < -0.3 is 5.11 Å². The fourth-order valence-electron chi connectivity index (χ4n) is 2.71. The van der Waals surface area contributed by atoms with Gasteiger partial charge in [0.2, 0.25) is 0 Å². The number of pyridine rings is 1. The zero-order valence-corrected chi connectivity index (χ0v) is 15.5. The van der Waals surface area contributed by atoms with Crippen LogP contribution in [0, 0.1) is 0 Å². The maximum absolute atomic E-state index is 12.5. The first-order valence-corrected chi connectivity index (χ1v) is 9.91. The molecule has 0 bridgehead atoms. The zero-order chi connectivity index (χ0) is 18.4. The van der Waals surface area contributed by atoms with Crippen LogP contribution in [0.15, 0.2) is 39.7 Å². The summed E-state index contributed by atoms with van der Waals surface area (Å²) >= 11 is 3.35. The number of benzene rings is 1. The maximum atomic E-state index is 12.5. The number of amides is 2. The summed E-state index contributed by atoms with van der Waals surface area (Å²) in [6.45, 7) is -0.0562. The number of halogens is 1. The van der Waals surface area contributed by atoms with Crippen LogP contribution >= 0.6 is 15.9 Å². The van der Waals surface area contributed by atoms with Crippen molar-refractivity contribution in [2.45, 2.75) is 11.3 Å². The fourth-order valence-corrected chi connectivity index (χ4v) is 4.01. The molecule has 0 saturated heterocycles. The standard InChI is InChI=1S/C16H13BrN2O5S/c1-25(23,24)13-8-12(9-3-2-4-10(17)7-9)18-11-5-6-19(16(21)22)15(20)14(11)13/h2-4,7-8H,5-6H2,1H3,(H,21,22). The van der Waals surface area contributed by atoms with Crippen LogP contribution in [-0.4, -0.2) is 48.2 Å². The number of nitrogens with zero attached hydrogens (tertiary/aromatic N) is 2. The van der Waals surface area contributed by atoms with Gasteiger partial charge in [0.1, 0.15) is 0 Å². The number of aromatic nitrogens is 1. The van der Waals surface area contributed by atoms with E-state index >= 15 is 0 Å². The second-order valence-electron chi connectivity index (χ2n) is 5.60. The summed E-state index contributed by atoms with van der Waals surface area (Å²) in [7, 11) is -3.76. The van der Waals surface area contributed by atoms with Crippen LogP contribution in [0.3, 0.4) is 0 Å². The number of fused-ring (bicyclic) bond motifs is 1. The van der Waals surface area contributed by atoms with E-state index in [1.54, 1.807) is 18.2 Å². The van der Waals surface area contributed by atoms with E-state index in [9.17, 15) is 18.0 Å². The van der Waals surface area contributed by atoms with E-state index in [0.29, 0.717) is 21.9 Å². The van der Waals surface area contributed by atoms with Crippen LogP contribution in [0.5, 0.6) is 0 Å². The molecule has 7 nitrogen and oxygen atoms in total. The molecule has 0 atom stereocenters. The second kappa shape index (κ2) is 6.23. The molecule has 0 radical (unpaired) electrons. The van der Waals surface area contributed by atoms with Crippen molar-refractivity contribution in [3.63, 3.8) is 0 Å². The number of carbonyl (C=O) groups is 2. The number of sulfone groups is 1. The van der Waals surface area contributed by atoms with Gasteiger partial charge in [-0.15, -0.1) is 0 Å². The van der Waals surface area contributed by atoms with Gasteiger partial charge in [0.15, 0.2) is 9.84 Å². The molecule has 25 heavy (non-hydrogen) atoms. The Morgan fingerprint density at radius 1 is 1.32 bits per heavy atom. The lowest BCUT2D eigenvalue weighted by Crippen LogP contribution is -2.42. The van der Waals surface area contributed by atoms with E-state index in [2.05, 4.69) is 20.9 Å². The van der Waals surface area contributed by atoms with Crippen molar-refractivity contribution in [3.8, 4) is 11.3 Å². The van der Waals surface area contributed by atoms with E-state index < -0.39 is 21.8 Å². The third-order valence-corrected chi connectivity index (χ3v) is 5.45. The van der Waals surface area contributed by atoms with Gasteiger partial charge in [0.25, 0.3) is 5.91 Å². The molecule has 9 heteroatoms. The SMILES string of the molecule is CS(=O)(=O)c1cc(-c2cccc(Br)c2)nc2c1C(=O)N(C(=O)O)CC2. The molecule has 2 amide bonds. The highest BCUT2D eigenvalue weighted by Crippen LogP contribution is 2.30. The van der Waals surface area contributed by atoms with Gasteiger partial charge in [-0.05, 0) is 18.2 Å². The molecule has 3 rings (SSSR count). The molecule has 1 N–H and O–H groups in total. The van der Waals surface area contributed by atoms with E-state index in [-0.39, 0.29) is 23.4 Å². The highest BCUT2D eigenvalue weighted by Gasteiger charge is 2.35. The first-order chi connectivity index (χ1) is 11.7. The number of hydrogen-bond donors (Lipinski definition) is 1. The molecule has 2 aromatic rings. The largest absolute Gasteiger partial charge is 0.465 e.